The zero-order chi connectivity index (χ0) is 8.97. The number of esters is 1. The van der Waals surface area contributed by atoms with Crippen molar-refractivity contribution in [3.63, 3.8) is 0 Å². The normalized spacial score (nSPS) is 27.2. The van der Waals surface area contributed by atoms with Crippen molar-refractivity contribution in [2.24, 2.45) is 0 Å². The molecule has 12 heavy (non-hydrogen) atoms. The van der Waals surface area contributed by atoms with Crippen LogP contribution in [0, 0.1) is 0 Å². The third-order valence-electron chi connectivity index (χ3n) is 2.27. The van der Waals surface area contributed by atoms with Crippen molar-refractivity contribution < 1.29 is 9.53 Å². The van der Waals surface area contributed by atoms with Crippen LogP contribution < -0.4 is 0 Å². The van der Waals surface area contributed by atoms with Gasteiger partial charge in [-0.05, 0) is 38.2 Å². The zero-order valence-corrected chi connectivity index (χ0v) is 7.80. The Morgan fingerprint density at radius 2 is 2.33 bits per heavy atom. The first-order valence-electron chi connectivity index (χ1n) is 4.56. The fraction of sp³-hybridized carbons (Fsp3) is 0.700. The predicted octanol–water partition coefficient (Wildman–Crippen LogP) is 2.44. The van der Waals surface area contributed by atoms with Gasteiger partial charge in [-0.15, -0.1) is 0 Å². The number of allylic oxidation sites excluding steroid dienone is 1. The Kier molecular flexibility index (Phi) is 3.32. The van der Waals surface area contributed by atoms with E-state index in [1.807, 2.05) is 6.92 Å². The van der Waals surface area contributed by atoms with Crippen LogP contribution in [0.4, 0.5) is 0 Å². The summed E-state index contributed by atoms with van der Waals surface area (Å²) < 4.78 is 5.19. The molecule has 2 heteroatoms. The first-order valence-corrected chi connectivity index (χ1v) is 4.56. The highest BCUT2D eigenvalue weighted by atomic mass is 16.5. The average molecular weight is 168 g/mol. The van der Waals surface area contributed by atoms with Crippen LogP contribution in [0.15, 0.2) is 11.6 Å². The summed E-state index contributed by atoms with van der Waals surface area (Å²) in [6.45, 7) is 3.49. The molecule has 0 aromatic heterocycles. The first kappa shape index (κ1) is 9.30. The van der Waals surface area contributed by atoms with Crippen molar-refractivity contribution in [1.82, 2.24) is 0 Å². The molecule has 0 aliphatic heterocycles. The highest BCUT2D eigenvalue weighted by Crippen LogP contribution is 2.25. The molecule has 1 aliphatic rings. The van der Waals surface area contributed by atoms with E-state index in [9.17, 15) is 4.79 Å². The lowest BCUT2D eigenvalue weighted by Gasteiger charge is -2.24. The van der Waals surface area contributed by atoms with Crippen LogP contribution in [0.5, 0.6) is 0 Å². The maximum absolute atomic E-state index is 10.7. The Hall–Kier alpha value is -0.790. The van der Waals surface area contributed by atoms with Crippen molar-refractivity contribution in [3.05, 3.63) is 11.6 Å². The van der Waals surface area contributed by atoms with Gasteiger partial charge < -0.3 is 4.74 Å². The van der Waals surface area contributed by atoms with Gasteiger partial charge in [0.05, 0.1) is 0 Å². The minimum absolute atomic E-state index is 0.0706. The number of hydrogen-bond donors (Lipinski definition) is 0. The van der Waals surface area contributed by atoms with Gasteiger partial charge in [-0.25, -0.2) is 0 Å². The second-order valence-corrected chi connectivity index (χ2v) is 3.21. The number of ether oxygens (including phenoxy) is 1. The van der Waals surface area contributed by atoms with E-state index in [0.717, 1.165) is 12.8 Å². The summed E-state index contributed by atoms with van der Waals surface area (Å²) in [5.74, 6) is -0.166. The summed E-state index contributed by atoms with van der Waals surface area (Å²) in [6.07, 6.45) is 6.65. The fourth-order valence-corrected chi connectivity index (χ4v) is 1.67. The van der Waals surface area contributed by atoms with Crippen molar-refractivity contribution in [3.8, 4) is 0 Å². The van der Waals surface area contributed by atoms with Gasteiger partial charge in [0.15, 0.2) is 0 Å². The SMILES string of the molecule is C/C=C1\CCCCC1OC(C)=O. The third kappa shape index (κ3) is 2.36. The van der Waals surface area contributed by atoms with Gasteiger partial charge in [0, 0.05) is 6.92 Å². The molecule has 1 aliphatic carbocycles. The van der Waals surface area contributed by atoms with E-state index in [-0.39, 0.29) is 12.1 Å². The summed E-state index contributed by atoms with van der Waals surface area (Å²) in [4.78, 5) is 10.7. The Bertz CT molecular complexity index is 194. The number of carbonyl (C=O) groups is 1. The molecule has 0 N–H and O–H groups in total. The molecule has 1 fully saturated rings. The number of rotatable bonds is 1. The molecule has 0 aromatic rings. The Morgan fingerprint density at radius 1 is 1.58 bits per heavy atom. The minimum atomic E-state index is -0.166. The van der Waals surface area contributed by atoms with E-state index in [1.165, 1.54) is 25.3 Å². The topological polar surface area (TPSA) is 26.3 Å². The Balaban J connectivity index is 2.53. The first-order chi connectivity index (χ1) is 5.74. The third-order valence-corrected chi connectivity index (χ3v) is 2.27. The van der Waals surface area contributed by atoms with Gasteiger partial charge in [0.25, 0.3) is 0 Å². The monoisotopic (exact) mass is 168 g/mol. The van der Waals surface area contributed by atoms with E-state index in [4.69, 9.17) is 4.74 Å². The molecule has 1 saturated carbocycles. The lowest BCUT2D eigenvalue weighted by Crippen LogP contribution is -2.21. The lowest BCUT2D eigenvalue weighted by atomic mass is 9.92. The smallest absolute Gasteiger partial charge is 0.303 e. The molecule has 0 saturated heterocycles. The zero-order valence-electron chi connectivity index (χ0n) is 7.80. The van der Waals surface area contributed by atoms with Crippen LogP contribution in [0.1, 0.15) is 39.5 Å². The second kappa shape index (κ2) is 4.29. The van der Waals surface area contributed by atoms with Crippen LogP contribution in [0.3, 0.4) is 0 Å². The highest BCUT2D eigenvalue weighted by molar-refractivity contribution is 5.66. The number of hydrogen-bond acceptors (Lipinski definition) is 2. The predicted molar refractivity (Wildman–Crippen MR) is 47.8 cm³/mol. The molecule has 1 unspecified atom stereocenters. The van der Waals surface area contributed by atoms with Gasteiger partial charge in [-0.1, -0.05) is 6.08 Å². The van der Waals surface area contributed by atoms with E-state index < -0.39 is 0 Å². The molecular weight excluding hydrogens is 152 g/mol. The molecule has 0 bridgehead atoms. The maximum Gasteiger partial charge on any atom is 0.303 e. The molecule has 0 aromatic carbocycles. The van der Waals surface area contributed by atoms with E-state index in [0.29, 0.717) is 0 Å². The average Bonchev–Trinajstić information content (AvgIpc) is 2.04. The molecule has 1 rings (SSSR count). The van der Waals surface area contributed by atoms with Crippen LogP contribution in [0.25, 0.3) is 0 Å². The van der Waals surface area contributed by atoms with Gasteiger partial charge >= 0.3 is 5.97 Å². The summed E-state index contributed by atoms with van der Waals surface area (Å²) in [5.41, 5.74) is 1.29. The van der Waals surface area contributed by atoms with Gasteiger partial charge in [-0.2, -0.15) is 0 Å². The van der Waals surface area contributed by atoms with E-state index >= 15 is 0 Å². The van der Waals surface area contributed by atoms with E-state index in [2.05, 4.69) is 6.08 Å². The second-order valence-electron chi connectivity index (χ2n) is 3.21. The standard InChI is InChI=1S/C10H16O2/c1-3-9-6-4-5-7-10(9)12-8(2)11/h3,10H,4-7H2,1-2H3/b9-3+. The highest BCUT2D eigenvalue weighted by Gasteiger charge is 2.20. The quantitative estimate of drug-likeness (QED) is 0.444. The molecule has 0 amide bonds. The van der Waals surface area contributed by atoms with Gasteiger partial charge in [0.1, 0.15) is 6.10 Å². The summed E-state index contributed by atoms with van der Waals surface area (Å²) in [5, 5.41) is 0. The van der Waals surface area contributed by atoms with Gasteiger partial charge in [-0.3, -0.25) is 4.79 Å². The van der Waals surface area contributed by atoms with Crippen LogP contribution in [0.2, 0.25) is 0 Å². The Labute approximate surface area is 73.6 Å². The molecule has 1 atom stereocenters. The maximum atomic E-state index is 10.7. The molecule has 0 heterocycles. The fourth-order valence-electron chi connectivity index (χ4n) is 1.67. The van der Waals surface area contributed by atoms with Gasteiger partial charge in [0.2, 0.25) is 0 Å². The van der Waals surface area contributed by atoms with Crippen molar-refractivity contribution in [2.45, 2.75) is 45.6 Å². The van der Waals surface area contributed by atoms with Crippen LogP contribution in [-0.4, -0.2) is 12.1 Å². The summed E-state index contributed by atoms with van der Waals surface area (Å²) in [6, 6.07) is 0. The molecule has 0 spiro atoms. The summed E-state index contributed by atoms with van der Waals surface area (Å²) >= 11 is 0. The number of carbonyl (C=O) groups excluding carboxylic acids is 1. The lowest BCUT2D eigenvalue weighted by molar-refractivity contribution is -0.145. The van der Waals surface area contributed by atoms with Crippen molar-refractivity contribution >= 4 is 5.97 Å². The van der Waals surface area contributed by atoms with Crippen LogP contribution >= 0.6 is 0 Å². The minimum Gasteiger partial charge on any atom is -0.458 e. The molecule has 2 nitrogen and oxygen atoms in total. The van der Waals surface area contributed by atoms with Crippen molar-refractivity contribution in [2.75, 3.05) is 0 Å². The Morgan fingerprint density at radius 3 is 2.92 bits per heavy atom. The van der Waals surface area contributed by atoms with Crippen LogP contribution in [-0.2, 0) is 9.53 Å². The molecular formula is C10H16O2. The molecule has 68 valence electrons. The largest absolute Gasteiger partial charge is 0.458 e. The summed E-state index contributed by atoms with van der Waals surface area (Å²) in [7, 11) is 0. The van der Waals surface area contributed by atoms with Crippen molar-refractivity contribution in [1.29, 1.82) is 0 Å². The molecule has 0 radical (unpaired) electrons. The van der Waals surface area contributed by atoms with E-state index in [1.54, 1.807) is 0 Å².